The van der Waals surface area contributed by atoms with E-state index < -0.39 is 0 Å². The van der Waals surface area contributed by atoms with E-state index in [-0.39, 0.29) is 5.82 Å². The highest BCUT2D eigenvalue weighted by molar-refractivity contribution is 5.65. The number of piperidine rings is 1. The van der Waals surface area contributed by atoms with Crippen molar-refractivity contribution in [3.8, 4) is 11.3 Å². The summed E-state index contributed by atoms with van der Waals surface area (Å²) in [7, 11) is 1.96. The fourth-order valence-corrected chi connectivity index (χ4v) is 3.71. The second-order valence-electron chi connectivity index (χ2n) is 5.90. The van der Waals surface area contributed by atoms with Crippen molar-refractivity contribution in [2.45, 2.75) is 37.8 Å². The van der Waals surface area contributed by atoms with Crippen molar-refractivity contribution >= 4 is 0 Å². The topological polar surface area (TPSA) is 29.9 Å². The van der Waals surface area contributed by atoms with Gasteiger partial charge in [-0.15, -0.1) is 0 Å². The fourth-order valence-electron chi connectivity index (χ4n) is 3.71. The van der Waals surface area contributed by atoms with Crippen LogP contribution in [0.2, 0.25) is 0 Å². The van der Waals surface area contributed by atoms with Crippen molar-refractivity contribution in [2.24, 2.45) is 7.05 Å². The average molecular weight is 271 g/mol. The minimum absolute atomic E-state index is 0.188. The molecule has 1 aromatic heterocycles. The highest BCUT2D eigenvalue weighted by Crippen LogP contribution is 2.38. The third kappa shape index (κ3) is 1.79. The number of halogens is 1. The third-order valence-electron chi connectivity index (χ3n) is 4.54. The van der Waals surface area contributed by atoms with E-state index in [0.717, 1.165) is 24.1 Å². The molecule has 1 saturated heterocycles. The molecule has 0 saturated carbocycles. The Morgan fingerprint density at radius 2 is 2.25 bits per heavy atom. The molecule has 4 heteroatoms. The molecule has 1 N–H and O–H groups in total. The molecule has 0 radical (unpaired) electrons. The van der Waals surface area contributed by atoms with E-state index in [1.165, 1.54) is 30.2 Å². The van der Waals surface area contributed by atoms with Crippen LogP contribution in [0.5, 0.6) is 0 Å². The SMILES string of the molecule is Cn1nc2c(c1-c1cccc(F)c1)C[C@@H]1CCC[C@H]2N1. The fraction of sp³-hybridized carbons (Fsp3) is 0.438. The van der Waals surface area contributed by atoms with Gasteiger partial charge in [-0.05, 0) is 37.8 Å². The van der Waals surface area contributed by atoms with Crippen LogP contribution in [-0.4, -0.2) is 15.8 Å². The minimum Gasteiger partial charge on any atom is -0.305 e. The summed E-state index contributed by atoms with van der Waals surface area (Å²) in [6, 6.07) is 7.77. The van der Waals surface area contributed by atoms with Crippen LogP contribution >= 0.6 is 0 Å². The summed E-state index contributed by atoms with van der Waals surface area (Å²) in [5.74, 6) is -0.188. The lowest BCUT2D eigenvalue weighted by Crippen LogP contribution is -2.42. The van der Waals surface area contributed by atoms with Crippen LogP contribution < -0.4 is 5.32 Å². The first-order valence-electron chi connectivity index (χ1n) is 7.30. The molecule has 3 heterocycles. The first-order valence-corrected chi connectivity index (χ1v) is 7.30. The molecular weight excluding hydrogens is 253 g/mol. The molecule has 2 bridgehead atoms. The largest absolute Gasteiger partial charge is 0.305 e. The van der Waals surface area contributed by atoms with Crippen LogP contribution in [0.3, 0.4) is 0 Å². The lowest BCUT2D eigenvalue weighted by atomic mass is 9.84. The van der Waals surface area contributed by atoms with E-state index in [1.54, 1.807) is 12.1 Å². The van der Waals surface area contributed by atoms with Crippen molar-refractivity contribution in [2.75, 3.05) is 0 Å². The highest BCUT2D eigenvalue weighted by Gasteiger charge is 2.34. The van der Waals surface area contributed by atoms with Gasteiger partial charge in [-0.25, -0.2) is 4.39 Å². The van der Waals surface area contributed by atoms with E-state index >= 15 is 0 Å². The van der Waals surface area contributed by atoms with E-state index in [2.05, 4.69) is 5.32 Å². The van der Waals surface area contributed by atoms with Crippen molar-refractivity contribution < 1.29 is 4.39 Å². The zero-order valence-electron chi connectivity index (χ0n) is 11.6. The van der Waals surface area contributed by atoms with Crippen molar-refractivity contribution in [3.05, 3.63) is 41.3 Å². The Hall–Kier alpha value is -1.68. The molecular formula is C16H18FN3. The van der Waals surface area contributed by atoms with E-state index in [4.69, 9.17) is 5.10 Å². The molecule has 0 spiro atoms. The molecule has 0 unspecified atom stereocenters. The summed E-state index contributed by atoms with van der Waals surface area (Å²) < 4.78 is 15.4. The lowest BCUT2D eigenvalue weighted by Gasteiger charge is -2.35. The number of aryl methyl sites for hydroxylation is 1. The molecule has 20 heavy (non-hydrogen) atoms. The predicted molar refractivity (Wildman–Crippen MR) is 75.8 cm³/mol. The number of nitrogens with one attached hydrogen (secondary N) is 1. The van der Waals surface area contributed by atoms with E-state index in [9.17, 15) is 4.39 Å². The maximum atomic E-state index is 13.5. The monoisotopic (exact) mass is 271 g/mol. The summed E-state index contributed by atoms with van der Waals surface area (Å²) in [4.78, 5) is 0. The summed E-state index contributed by atoms with van der Waals surface area (Å²) in [6.07, 6.45) is 4.66. The van der Waals surface area contributed by atoms with Gasteiger partial charge in [0.2, 0.25) is 0 Å². The number of aromatic nitrogens is 2. The first-order chi connectivity index (χ1) is 9.72. The zero-order chi connectivity index (χ0) is 13.7. The predicted octanol–water partition coefficient (Wildman–Crippen LogP) is 2.97. The quantitative estimate of drug-likeness (QED) is 0.864. The van der Waals surface area contributed by atoms with Gasteiger partial charge in [0.15, 0.2) is 0 Å². The lowest BCUT2D eigenvalue weighted by molar-refractivity contribution is 0.297. The van der Waals surface area contributed by atoms with E-state index in [0.29, 0.717) is 12.1 Å². The summed E-state index contributed by atoms with van der Waals surface area (Å²) in [6.45, 7) is 0. The van der Waals surface area contributed by atoms with Gasteiger partial charge < -0.3 is 5.32 Å². The Kier molecular flexibility index (Phi) is 2.67. The second-order valence-corrected chi connectivity index (χ2v) is 5.90. The van der Waals surface area contributed by atoms with Crippen LogP contribution in [0.15, 0.2) is 24.3 Å². The molecule has 2 aliphatic rings. The number of nitrogens with zero attached hydrogens (tertiary/aromatic N) is 2. The molecule has 2 aliphatic heterocycles. The normalized spacial score (nSPS) is 24.5. The van der Waals surface area contributed by atoms with Gasteiger partial charge in [0.1, 0.15) is 5.82 Å². The van der Waals surface area contributed by atoms with Gasteiger partial charge in [-0.1, -0.05) is 12.1 Å². The second kappa shape index (κ2) is 4.42. The highest BCUT2D eigenvalue weighted by atomic mass is 19.1. The molecule has 0 aliphatic carbocycles. The van der Waals surface area contributed by atoms with Crippen LogP contribution in [0.1, 0.15) is 36.6 Å². The van der Waals surface area contributed by atoms with Gasteiger partial charge in [-0.3, -0.25) is 4.68 Å². The average Bonchev–Trinajstić information content (AvgIpc) is 2.76. The maximum Gasteiger partial charge on any atom is 0.123 e. The number of fused-ring (bicyclic) bond motifs is 4. The molecule has 2 atom stereocenters. The Morgan fingerprint density at radius 1 is 1.35 bits per heavy atom. The van der Waals surface area contributed by atoms with Gasteiger partial charge in [0.25, 0.3) is 0 Å². The number of hydrogen-bond acceptors (Lipinski definition) is 2. The standard InChI is InChI=1S/C16H18FN3/c1-20-16(10-4-2-5-11(17)8-10)13-9-12-6-3-7-14(18-12)15(13)19-20/h2,4-5,8,12,14,18H,3,6-7,9H2,1H3/t12-,14+/m0/s1. The molecule has 104 valence electrons. The molecule has 1 fully saturated rings. The molecule has 3 nitrogen and oxygen atoms in total. The summed E-state index contributed by atoms with van der Waals surface area (Å²) in [5, 5.41) is 8.37. The Labute approximate surface area is 117 Å². The Balaban J connectivity index is 1.87. The minimum atomic E-state index is -0.188. The van der Waals surface area contributed by atoms with Crippen molar-refractivity contribution in [1.82, 2.24) is 15.1 Å². The molecule has 1 aromatic carbocycles. The smallest absolute Gasteiger partial charge is 0.123 e. The number of hydrogen-bond donors (Lipinski definition) is 1. The molecule has 2 aromatic rings. The van der Waals surface area contributed by atoms with Gasteiger partial charge in [-0.2, -0.15) is 5.10 Å². The number of benzene rings is 1. The van der Waals surface area contributed by atoms with E-state index in [1.807, 2.05) is 17.8 Å². The number of rotatable bonds is 1. The van der Waals surface area contributed by atoms with Gasteiger partial charge >= 0.3 is 0 Å². The van der Waals surface area contributed by atoms with Crippen molar-refractivity contribution in [3.63, 3.8) is 0 Å². The van der Waals surface area contributed by atoms with Gasteiger partial charge in [0, 0.05) is 24.2 Å². The Bertz CT molecular complexity index is 662. The molecule has 4 rings (SSSR count). The summed E-state index contributed by atoms with van der Waals surface area (Å²) >= 11 is 0. The van der Waals surface area contributed by atoms with Crippen LogP contribution in [0.25, 0.3) is 11.3 Å². The van der Waals surface area contributed by atoms with Crippen LogP contribution in [0, 0.1) is 5.82 Å². The van der Waals surface area contributed by atoms with Crippen LogP contribution in [-0.2, 0) is 13.5 Å². The van der Waals surface area contributed by atoms with Crippen molar-refractivity contribution in [1.29, 1.82) is 0 Å². The van der Waals surface area contributed by atoms with Gasteiger partial charge in [0.05, 0.1) is 17.4 Å². The Morgan fingerprint density at radius 3 is 3.10 bits per heavy atom. The molecule has 0 amide bonds. The zero-order valence-corrected chi connectivity index (χ0v) is 11.6. The maximum absolute atomic E-state index is 13.5. The first kappa shape index (κ1) is 12.1. The van der Waals surface area contributed by atoms with Crippen LogP contribution in [0.4, 0.5) is 4.39 Å². The third-order valence-corrected chi connectivity index (χ3v) is 4.54. The summed E-state index contributed by atoms with van der Waals surface area (Å²) in [5.41, 5.74) is 4.49.